The van der Waals surface area contributed by atoms with Gasteiger partial charge in [0.1, 0.15) is 0 Å². The number of hydrogen-bond donors (Lipinski definition) is 1. The first-order valence-corrected chi connectivity index (χ1v) is 7.61. The number of aromatic nitrogens is 3. The van der Waals surface area contributed by atoms with E-state index in [0.29, 0.717) is 12.1 Å². The molecule has 0 saturated heterocycles. The van der Waals surface area contributed by atoms with E-state index < -0.39 is 0 Å². The maximum atomic E-state index is 12.0. The van der Waals surface area contributed by atoms with E-state index in [0.717, 1.165) is 21.0 Å². The first kappa shape index (κ1) is 14.4. The lowest BCUT2D eigenvalue weighted by molar-refractivity contribution is 0.0951. The van der Waals surface area contributed by atoms with Crippen LogP contribution >= 0.6 is 38.5 Å². The molecule has 0 aliphatic heterocycles. The maximum absolute atomic E-state index is 12.0. The number of aryl methyl sites for hydroxylation is 1. The SMILES string of the molecule is O=C(NCCCn1ccnn1)c1cc(I)ccc1Br. The molecule has 0 atom stereocenters. The molecule has 7 heteroatoms. The molecule has 2 aromatic rings. The molecule has 0 fully saturated rings. The van der Waals surface area contributed by atoms with Crippen molar-refractivity contribution in [3.63, 3.8) is 0 Å². The standard InChI is InChI=1S/C12H12BrIN4O/c13-11-3-2-9(14)8-10(11)12(19)15-4-1-6-18-7-5-16-17-18/h2-3,5,7-8H,1,4,6H2,(H,15,19). The van der Waals surface area contributed by atoms with Crippen LogP contribution in [0.15, 0.2) is 35.1 Å². The molecule has 1 aromatic carbocycles. The van der Waals surface area contributed by atoms with E-state index in [4.69, 9.17) is 0 Å². The monoisotopic (exact) mass is 434 g/mol. The predicted molar refractivity (Wildman–Crippen MR) is 83.8 cm³/mol. The minimum Gasteiger partial charge on any atom is -0.352 e. The van der Waals surface area contributed by atoms with Crippen molar-refractivity contribution < 1.29 is 4.79 Å². The Morgan fingerprint density at radius 3 is 3.05 bits per heavy atom. The zero-order valence-corrected chi connectivity index (χ0v) is 13.8. The lowest BCUT2D eigenvalue weighted by Gasteiger charge is -2.07. The molecule has 1 amide bonds. The quantitative estimate of drug-likeness (QED) is 0.580. The smallest absolute Gasteiger partial charge is 0.252 e. The van der Waals surface area contributed by atoms with Crippen molar-refractivity contribution in [3.05, 3.63) is 44.2 Å². The number of carbonyl (C=O) groups excluding carboxylic acids is 1. The Hall–Kier alpha value is -0.960. The Morgan fingerprint density at radius 1 is 1.47 bits per heavy atom. The van der Waals surface area contributed by atoms with E-state index in [1.54, 1.807) is 17.1 Å². The van der Waals surface area contributed by atoms with Gasteiger partial charge >= 0.3 is 0 Å². The van der Waals surface area contributed by atoms with Gasteiger partial charge in [-0.05, 0) is 63.1 Å². The second-order valence-electron chi connectivity index (χ2n) is 3.90. The largest absolute Gasteiger partial charge is 0.352 e. The summed E-state index contributed by atoms with van der Waals surface area (Å²) in [7, 11) is 0. The highest BCUT2D eigenvalue weighted by atomic mass is 127. The first-order chi connectivity index (χ1) is 9.16. The molecule has 0 aliphatic rings. The topological polar surface area (TPSA) is 59.8 Å². The van der Waals surface area contributed by atoms with Gasteiger partial charge in [-0.2, -0.15) is 0 Å². The zero-order valence-electron chi connectivity index (χ0n) is 10.0. The van der Waals surface area contributed by atoms with Crippen LogP contribution in [0.25, 0.3) is 0 Å². The molecule has 0 aliphatic carbocycles. The first-order valence-electron chi connectivity index (χ1n) is 5.74. The molecule has 0 saturated carbocycles. The van der Waals surface area contributed by atoms with Gasteiger partial charge in [-0.25, -0.2) is 0 Å². The molecule has 100 valence electrons. The van der Waals surface area contributed by atoms with Crippen LogP contribution in [0.2, 0.25) is 0 Å². The predicted octanol–water partition coefficient (Wildman–Crippen LogP) is 2.47. The Bertz CT molecular complexity index is 559. The number of hydrogen-bond acceptors (Lipinski definition) is 3. The second kappa shape index (κ2) is 6.99. The summed E-state index contributed by atoms with van der Waals surface area (Å²) in [6.07, 6.45) is 4.26. The normalized spacial score (nSPS) is 10.4. The van der Waals surface area contributed by atoms with Crippen LogP contribution in [0.3, 0.4) is 0 Å². The fraction of sp³-hybridized carbons (Fsp3) is 0.250. The van der Waals surface area contributed by atoms with Crippen LogP contribution in [-0.4, -0.2) is 27.4 Å². The minimum atomic E-state index is -0.0658. The van der Waals surface area contributed by atoms with Gasteiger partial charge in [-0.3, -0.25) is 9.48 Å². The van der Waals surface area contributed by atoms with Crippen LogP contribution in [0.1, 0.15) is 16.8 Å². The lowest BCUT2D eigenvalue weighted by Crippen LogP contribution is -2.25. The van der Waals surface area contributed by atoms with Crippen LogP contribution in [-0.2, 0) is 6.54 Å². The summed E-state index contributed by atoms with van der Waals surface area (Å²) >= 11 is 5.57. The lowest BCUT2D eigenvalue weighted by atomic mass is 10.2. The summed E-state index contributed by atoms with van der Waals surface area (Å²) < 4.78 is 3.59. The molecule has 0 spiro atoms. The summed E-state index contributed by atoms with van der Waals surface area (Å²) in [6.45, 7) is 1.35. The number of nitrogens with zero attached hydrogens (tertiary/aromatic N) is 3. The Morgan fingerprint density at radius 2 is 2.32 bits per heavy atom. The van der Waals surface area contributed by atoms with E-state index >= 15 is 0 Å². The third kappa shape index (κ3) is 4.27. The summed E-state index contributed by atoms with van der Waals surface area (Å²) in [5, 5.41) is 10.5. The van der Waals surface area contributed by atoms with Gasteiger partial charge in [0, 0.05) is 27.3 Å². The van der Waals surface area contributed by atoms with E-state index in [1.165, 1.54) is 0 Å². The van der Waals surface area contributed by atoms with Gasteiger partial charge in [-0.1, -0.05) is 5.21 Å². The van der Waals surface area contributed by atoms with E-state index in [2.05, 4.69) is 54.1 Å². The molecule has 0 bridgehead atoms. The molecular weight excluding hydrogens is 423 g/mol. The average molecular weight is 435 g/mol. The average Bonchev–Trinajstić information content (AvgIpc) is 2.90. The summed E-state index contributed by atoms with van der Waals surface area (Å²) in [4.78, 5) is 12.0. The van der Waals surface area contributed by atoms with Crippen molar-refractivity contribution in [3.8, 4) is 0 Å². The molecule has 0 radical (unpaired) electrons. The zero-order chi connectivity index (χ0) is 13.7. The molecule has 1 aromatic heterocycles. The fourth-order valence-corrected chi connectivity index (χ4v) is 2.48. The van der Waals surface area contributed by atoms with E-state index in [9.17, 15) is 4.79 Å². The van der Waals surface area contributed by atoms with Crippen LogP contribution in [0, 0.1) is 3.57 Å². The highest BCUT2D eigenvalue weighted by Gasteiger charge is 2.09. The molecule has 5 nitrogen and oxygen atoms in total. The van der Waals surface area contributed by atoms with Crippen LogP contribution in [0.4, 0.5) is 0 Å². The van der Waals surface area contributed by atoms with Crippen molar-refractivity contribution in [1.29, 1.82) is 0 Å². The molecule has 1 heterocycles. The highest BCUT2D eigenvalue weighted by molar-refractivity contribution is 14.1. The van der Waals surface area contributed by atoms with Gasteiger partial charge in [0.25, 0.3) is 5.91 Å². The van der Waals surface area contributed by atoms with E-state index in [1.807, 2.05) is 18.2 Å². The van der Waals surface area contributed by atoms with Crippen molar-refractivity contribution in [2.45, 2.75) is 13.0 Å². The second-order valence-corrected chi connectivity index (χ2v) is 6.00. The van der Waals surface area contributed by atoms with Crippen molar-refractivity contribution >= 4 is 44.4 Å². The van der Waals surface area contributed by atoms with Gasteiger partial charge in [0.05, 0.1) is 11.8 Å². The van der Waals surface area contributed by atoms with Gasteiger partial charge < -0.3 is 5.32 Å². The van der Waals surface area contributed by atoms with Crippen molar-refractivity contribution in [2.75, 3.05) is 6.54 Å². The Labute approximate surface area is 133 Å². The Balaban J connectivity index is 1.82. The maximum Gasteiger partial charge on any atom is 0.252 e. The van der Waals surface area contributed by atoms with Gasteiger partial charge in [-0.15, -0.1) is 5.10 Å². The number of halogens is 2. The Kier molecular flexibility index (Phi) is 5.32. The molecule has 19 heavy (non-hydrogen) atoms. The van der Waals surface area contributed by atoms with Crippen molar-refractivity contribution in [2.24, 2.45) is 0 Å². The number of nitrogens with one attached hydrogen (secondary N) is 1. The minimum absolute atomic E-state index is 0.0658. The third-order valence-corrected chi connectivity index (χ3v) is 3.86. The highest BCUT2D eigenvalue weighted by Crippen LogP contribution is 2.19. The summed E-state index contributed by atoms with van der Waals surface area (Å²) in [5.74, 6) is -0.0658. The molecule has 0 unspecified atom stereocenters. The number of amides is 1. The molecule has 1 N–H and O–H groups in total. The van der Waals surface area contributed by atoms with Crippen LogP contribution < -0.4 is 5.32 Å². The number of carbonyl (C=O) groups is 1. The number of rotatable bonds is 5. The van der Waals surface area contributed by atoms with Crippen molar-refractivity contribution in [1.82, 2.24) is 20.3 Å². The molecule has 2 rings (SSSR count). The van der Waals surface area contributed by atoms with Gasteiger partial charge in [0.2, 0.25) is 0 Å². The summed E-state index contributed by atoms with van der Waals surface area (Å²) in [6, 6.07) is 5.69. The van der Waals surface area contributed by atoms with E-state index in [-0.39, 0.29) is 5.91 Å². The summed E-state index contributed by atoms with van der Waals surface area (Å²) in [5.41, 5.74) is 0.660. The number of benzene rings is 1. The fourth-order valence-electron chi connectivity index (χ4n) is 1.56. The third-order valence-electron chi connectivity index (χ3n) is 2.49. The van der Waals surface area contributed by atoms with Gasteiger partial charge in [0.15, 0.2) is 0 Å². The molecular formula is C12H12BrIN4O. The van der Waals surface area contributed by atoms with Crippen LogP contribution in [0.5, 0.6) is 0 Å².